The number of aryl methyl sites for hydroxylation is 1. The minimum atomic E-state index is -0.0746. The molecule has 0 saturated carbocycles. The number of rotatable bonds is 7. The van der Waals surface area contributed by atoms with E-state index in [2.05, 4.69) is 184 Å². The zero-order valence-electron chi connectivity index (χ0n) is 36.4. The summed E-state index contributed by atoms with van der Waals surface area (Å²) in [5, 5.41) is 16.6. The van der Waals surface area contributed by atoms with E-state index in [1.54, 1.807) is 0 Å². The summed E-state index contributed by atoms with van der Waals surface area (Å²) in [7, 11) is 0. The van der Waals surface area contributed by atoms with Crippen LogP contribution in [0.25, 0.3) is 82.5 Å². The Bertz CT molecular complexity index is 3430. The summed E-state index contributed by atoms with van der Waals surface area (Å²) in [5.74, 6) is 0. The molecule has 0 amide bonds. The molecule has 11 rings (SSSR count). The summed E-state index contributed by atoms with van der Waals surface area (Å²) in [5.41, 5.74) is 16.4. The Labute approximate surface area is 376 Å². The highest BCUT2D eigenvalue weighted by Crippen LogP contribution is 2.50. The highest BCUT2D eigenvalue weighted by Gasteiger charge is 2.35. The van der Waals surface area contributed by atoms with Crippen molar-refractivity contribution in [2.45, 2.75) is 26.2 Å². The Morgan fingerprint density at radius 3 is 1.72 bits per heavy atom. The summed E-state index contributed by atoms with van der Waals surface area (Å²) in [6.45, 7) is 10.6. The van der Waals surface area contributed by atoms with Gasteiger partial charge in [-0.1, -0.05) is 214 Å². The molecule has 1 aliphatic rings. The Hall–Kier alpha value is -7.94. The van der Waals surface area contributed by atoms with Crippen molar-refractivity contribution in [3.05, 3.63) is 246 Å². The largest absolute Gasteiger partial charge is 0.300 e. The summed E-state index contributed by atoms with van der Waals surface area (Å²) < 4.78 is 0. The molecule has 0 saturated heterocycles. The topological polar surface area (TPSA) is 36.2 Å². The second-order valence-corrected chi connectivity index (χ2v) is 17.2. The van der Waals surface area contributed by atoms with Crippen molar-refractivity contribution in [2.24, 2.45) is 4.99 Å². The van der Waals surface area contributed by atoms with Crippen LogP contribution in [-0.4, -0.2) is 12.4 Å². The summed E-state index contributed by atoms with van der Waals surface area (Å²) >= 11 is 0. The van der Waals surface area contributed by atoms with Crippen LogP contribution in [0.3, 0.4) is 0 Å². The lowest BCUT2D eigenvalue weighted by atomic mass is 9.81. The Kier molecular flexibility index (Phi) is 10.5. The molecule has 1 N–H and O–H groups in total. The summed E-state index contributed by atoms with van der Waals surface area (Å²) in [4.78, 5) is 4.33. The van der Waals surface area contributed by atoms with Gasteiger partial charge in [0.25, 0.3) is 0 Å². The quantitative estimate of drug-likeness (QED) is 0.123. The molecular formula is C62H48N2. The number of hydrogen-bond donors (Lipinski definition) is 1. The van der Waals surface area contributed by atoms with Gasteiger partial charge in [0.15, 0.2) is 0 Å². The third-order valence-corrected chi connectivity index (χ3v) is 12.9. The van der Waals surface area contributed by atoms with E-state index in [1.165, 1.54) is 71.3 Å². The smallest absolute Gasteiger partial charge is 0.0716 e. The first-order chi connectivity index (χ1) is 31.3. The van der Waals surface area contributed by atoms with E-state index in [-0.39, 0.29) is 5.41 Å². The number of nitrogens with one attached hydrogen (secondary N) is 1. The minimum Gasteiger partial charge on any atom is -0.300 e. The zero-order chi connectivity index (χ0) is 43.8. The molecule has 0 atom stereocenters. The molecule has 0 fully saturated rings. The predicted molar refractivity (Wildman–Crippen MR) is 275 cm³/mol. The standard InChI is InChI=1S/C55H40N2.C7H8/c1-55(2)50-22-10-9-19-45(50)46-29-28-40(33-51(46)55)42-20-12-21-47-43-17-7-8-18-44(43)49-32-39(27-30-48(49)54(42)47)38-15-11-16-41(31-38)52(56)34-53(57-3)37-25-23-36(24-26-37)35-13-5-4-6-14-35;1-7-5-3-2-4-6-7/h4-34,56H,3H2,1-2H3;2-6H,1H3/b53-34-,56-52?;. The van der Waals surface area contributed by atoms with Gasteiger partial charge in [-0.25, -0.2) is 0 Å². The van der Waals surface area contributed by atoms with E-state index in [0.29, 0.717) is 11.4 Å². The van der Waals surface area contributed by atoms with E-state index in [9.17, 15) is 0 Å². The molecule has 0 bridgehead atoms. The first-order valence-electron chi connectivity index (χ1n) is 22.0. The molecule has 10 aromatic carbocycles. The molecule has 0 radical (unpaired) electrons. The van der Waals surface area contributed by atoms with Crippen LogP contribution in [0.4, 0.5) is 0 Å². The van der Waals surface area contributed by atoms with Gasteiger partial charge < -0.3 is 5.41 Å². The molecule has 2 heteroatoms. The molecular weight excluding hydrogens is 773 g/mol. The Morgan fingerprint density at radius 1 is 0.438 bits per heavy atom. The summed E-state index contributed by atoms with van der Waals surface area (Å²) in [6.07, 6.45) is 1.81. The van der Waals surface area contributed by atoms with Crippen LogP contribution < -0.4 is 0 Å². The molecule has 10 aromatic rings. The number of allylic oxidation sites excluding steroid dienone is 1. The maximum Gasteiger partial charge on any atom is 0.0716 e. The van der Waals surface area contributed by atoms with Crippen molar-refractivity contribution < 1.29 is 0 Å². The van der Waals surface area contributed by atoms with E-state index in [0.717, 1.165) is 33.4 Å². The van der Waals surface area contributed by atoms with Gasteiger partial charge in [0, 0.05) is 16.5 Å². The fourth-order valence-corrected chi connectivity index (χ4v) is 9.60. The van der Waals surface area contributed by atoms with Crippen LogP contribution in [-0.2, 0) is 5.41 Å². The number of fused-ring (bicyclic) bond motifs is 9. The van der Waals surface area contributed by atoms with Gasteiger partial charge in [-0.05, 0) is 126 Å². The predicted octanol–water partition coefficient (Wildman–Crippen LogP) is 16.6. The van der Waals surface area contributed by atoms with Crippen LogP contribution >= 0.6 is 0 Å². The van der Waals surface area contributed by atoms with Crippen molar-refractivity contribution in [3.63, 3.8) is 0 Å². The van der Waals surface area contributed by atoms with Crippen LogP contribution in [0.15, 0.2) is 223 Å². The van der Waals surface area contributed by atoms with Gasteiger partial charge >= 0.3 is 0 Å². The maximum absolute atomic E-state index is 9.13. The van der Waals surface area contributed by atoms with Gasteiger partial charge in [0.1, 0.15) is 0 Å². The third-order valence-electron chi connectivity index (χ3n) is 12.9. The van der Waals surface area contributed by atoms with Gasteiger partial charge in [0.2, 0.25) is 0 Å². The minimum absolute atomic E-state index is 0.0746. The van der Waals surface area contributed by atoms with E-state index in [4.69, 9.17) is 5.41 Å². The number of hydrogen-bond acceptors (Lipinski definition) is 2. The first kappa shape index (κ1) is 40.2. The highest BCUT2D eigenvalue weighted by atomic mass is 14.7. The Balaban J connectivity index is 0.000000634. The Morgan fingerprint density at radius 2 is 0.984 bits per heavy atom. The van der Waals surface area contributed by atoms with Crippen LogP contribution in [0.2, 0.25) is 0 Å². The van der Waals surface area contributed by atoms with Crippen molar-refractivity contribution in [3.8, 4) is 44.5 Å². The highest BCUT2D eigenvalue weighted by molar-refractivity contribution is 6.29. The fraction of sp³-hybridized carbons (Fsp3) is 0.0645. The molecule has 2 nitrogen and oxygen atoms in total. The number of benzene rings is 10. The zero-order valence-corrected chi connectivity index (χ0v) is 36.4. The average Bonchev–Trinajstić information content (AvgIpc) is 3.58. The van der Waals surface area contributed by atoms with Crippen molar-refractivity contribution in [2.75, 3.05) is 0 Å². The van der Waals surface area contributed by atoms with Crippen LogP contribution in [0.5, 0.6) is 0 Å². The first-order valence-corrected chi connectivity index (χ1v) is 22.0. The van der Waals surface area contributed by atoms with Gasteiger partial charge in [0.05, 0.1) is 11.4 Å². The monoisotopic (exact) mass is 820 g/mol. The lowest BCUT2D eigenvalue weighted by Crippen LogP contribution is -2.14. The molecule has 0 spiro atoms. The van der Waals surface area contributed by atoms with Gasteiger partial charge in [-0.2, -0.15) is 0 Å². The van der Waals surface area contributed by atoms with Crippen molar-refractivity contribution >= 4 is 50.4 Å². The second kappa shape index (κ2) is 16.7. The van der Waals surface area contributed by atoms with E-state index in [1.807, 2.05) is 66.7 Å². The number of nitrogens with zero attached hydrogens (tertiary/aromatic N) is 1. The second-order valence-electron chi connectivity index (χ2n) is 17.2. The normalized spacial score (nSPS) is 12.6. The molecule has 1 aliphatic carbocycles. The van der Waals surface area contributed by atoms with E-state index < -0.39 is 0 Å². The van der Waals surface area contributed by atoms with Crippen LogP contribution in [0, 0.1) is 12.3 Å². The molecule has 0 heterocycles. The molecule has 64 heavy (non-hydrogen) atoms. The SMILES string of the molecule is C=N/C(=C\C(=N)c1cccc(-c2ccc3c(c2)c2ccccc2c2cccc(-c4ccc5c(c4)C(C)(C)c4ccccc4-5)c23)c1)c1ccc(-c2ccccc2)cc1.Cc1ccccc1. The maximum atomic E-state index is 9.13. The molecule has 0 aromatic heterocycles. The lowest BCUT2D eigenvalue weighted by Gasteiger charge is -2.22. The third kappa shape index (κ3) is 7.33. The lowest BCUT2D eigenvalue weighted by molar-refractivity contribution is 0.660. The average molecular weight is 821 g/mol. The summed E-state index contributed by atoms with van der Waals surface area (Å²) in [6, 6.07) is 75.5. The van der Waals surface area contributed by atoms with E-state index >= 15 is 0 Å². The van der Waals surface area contributed by atoms with Crippen molar-refractivity contribution in [1.29, 1.82) is 5.41 Å². The molecule has 306 valence electrons. The van der Waals surface area contributed by atoms with Crippen LogP contribution in [0.1, 0.15) is 41.7 Å². The fourth-order valence-electron chi connectivity index (χ4n) is 9.60. The van der Waals surface area contributed by atoms with Gasteiger partial charge in [-0.15, -0.1) is 0 Å². The van der Waals surface area contributed by atoms with Gasteiger partial charge in [-0.3, -0.25) is 4.99 Å². The van der Waals surface area contributed by atoms with Crippen molar-refractivity contribution in [1.82, 2.24) is 0 Å². The number of aliphatic imine (C=N–C) groups is 1. The molecule has 0 unspecified atom stereocenters. The molecule has 0 aliphatic heterocycles.